The Morgan fingerprint density at radius 1 is 0.963 bits per heavy atom. The van der Waals surface area contributed by atoms with E-state index in [0.29, 0.717) is 0 Å². The van der Waals surface area contributed by atoms with Gasteiger partial charge in [0, 0.05) is 50.7 Å². The first-order valence-electron chi connectivity index (χ1n) is 9.08. The van der Waals surface area contributed by atoms with Crippen molar-refractivity contribution in [3.63, 3.8) is 0 Å². The fraction of sp³-hybridized carbons (Fsp3) is 0.300. The average Bonchev–Trinajstić information content (AvgIpc) is 3.10. The second kappa shape index (κ2) is 7.19. The van der Waals surface area contributed by atoms with Crippen LogP contribution in [0.2, 0.25) is 0 Å². The monoisotopic (exact) mass is 362 g/mol. The van der Waals surface area contributed by atoms with Crippen LogP contribution in [0, 0.1) is 6.92 Å². The molecule has 138 valence electrons. The summed E-state index contributed by atoms with van der Waals surface area (Å²) in [6.07, 6.45) is 1.81. The van der Waals surface area contributed by atoms with Crippen molar-refractivity contribution in [2.75, 3.05) is 31.1 Å². The number of carbonyl (C=O) groups excluding carboxylic acids is 1. The molecule has 1 amide bonds. The third-order valence-electron chi connectivity index (χ3n) is 4.90. The van der Waals surface area contributed by atoms with Gasteiger partial charge >= 0.3 is 0 Å². The third-order valence-corrected chi connectivity index (χ3v) is 4.90. The zero-order chi connectivity index (χ0) is 18.8. The maximum atomic E-state index is 11.5. The molecule has 3 heterocycles. The van der Waals surface area contributed by atoms with Crippen LogP contribution < -0.4 is 4.90 Å². The minimum absolute atomic E-state index is 0.136. The molecule has 0 saturated carbocycles. The molecule has 1 fully saturated rings. The lowest BCUT2D eigenvalue weighted by atomic mass is 10.2. The van der Waals surface area contributed by atoms with Crippen LogP contribution in [-0.4, -0.2) is 56.7 Å². The second-order valence-electron chi connectivity index (χ2n) is 6.63. The van der Waals surface area contributed by atoms with E-state index in [-0.39, 0.29) is 5.91 Å². The summed E-state index contributed by atoms with van der Waals surface area (Å²) >= 11 is 0. The summed E-state index contributed by atoms with van der Waals surface area (Å²) < 4.78 is 2.01. The smallest absolute Gasteiger partial charge is 0.219 e. The molecule has 0 radical (unpaired) electrons. The third kappa shape index (κ3) is 3.40. The molecule has 3 aromatic rings. The Morgan fingerprint density at radius 3 is 2.41 bits per heavy atom. The van der Waals surface area contributed by atoms with Crippen LogP contribution in [-0.2, 0) is 4.79 Å². The van der Waals surface area contributed by atoms with Gasteiger partial charge in [0.15, 0.2) is 5.82 Å². The van der Waals surface area contributed by atoms with Gasteiger partial charge in [-0.05, 0) is 31.2 Å². The van der Waals surface area contributed by atoms with E-state index in [4.69, 9.17) is 0 Å². The zero-order valence-electron chi connectivity index (χ0n) is 15.5. The lowest BCUT2D eigenvalue weighted by molar-refractivity contribution is -0.129. The van der Waals surface area contributed by atoms with Crippen molar-refractivity contribution in [3.8, 4) is 17.2 Å². The van der Waals surface area contributed by atoms with Crippen LogP contribution in [0.1, 0.15) is 12.7 Å². The van der Waals surface area contributed by atoms with E-state index < -0.39 is 0 Å². The van der Waals surface area contributed by atoms with E-state index in [2.05, 4.69) is 20.1 Å². The summed E-state index contributed by atoms with van der Waals surface area (Å²) in [5.74, 6) is 1.68. The van der Waals surface area contributed by atoms with Crippen molar-refractivity contribution < 1.29 is 4.79 Å². The van der Waals surface area contributed by atoms with E-state index in [1.165, 1.54) is 0 Å². The number of rotatable bonds is 3. The van der Waals surface area contributed by atoms with Crippen LogP contribution in [0.15, 0.2) is 48.7 Å². The highest BCUT2D eigenvalue weighted by molar-refractivity contribution is 5.73. The van der Waals surface area contributed by atoms with Crippen LogP contribution in [0.25, 0.3) is 17.2 Å². The molecule has 27 heavy (non-hydrogen) atoms. The van der Waals surface area contributed by atoms with Gasteiger partial charge in [-0.1, -0.05) is 18.2 Å². The number of hydrogen-bond donors (Lipinski definition) is 0. The van der Waals surface area contributed by atoms with E-state index >= 15 is 0 Å². The van der Waals surface area contributed by atoms with E-state index in [1.54, 1.807) is 13.1 Å². The minimum atomic E-state index is 0.136. The molecule has 0 atom stereocenters. The number of hydrogen-bond acceptors (Lipinski definition) is 5. The first kappa shape index (κ1) is 17.2. The number of benzene rings is 1. The van der Waals surface area contributed by atoms with Crippen molar-refractivity contribution in [1.82, 2.24) is 24.6 Å². The van der Waals surface area contributed by atoms with Crippen LogP contribution in [0.5, 0.6) is 0 Å². The summed E-state index contributed by atoms with van der Waals surface area (Å²) in [7, 11) is 0. The molecule has 1 saturated heterocycles. The number of piperazine rings is 1. The molecule has 1 aliphatic rings. The number of carbonyl (C=O) groups is 1. The van der Waals surface area contributed by atoms with Crippen LogP contribution in [0.3, 0.4) is 0 Å². The molecule has 1 aliphatic heterocycles. The maximum absolute atomic E-state index is 11.5. The number of nitrogens with zero attached hydrogens (tertiary/aromatic N) is 6. The van der Waals surface area contributed by atoms with E-state index in [0.717, 1.165) is 54.9 Å². The summed E-state index contributed by atoms with van der Waals surface area (Å²) in [4.78, 5) is 20.2. The van der Waals surface area contributed by atoms with Gasteiger partial charge in [-0.15, -0.1) is 10.2 Å². The highest BCUT2D eigenvalue weighted by Crippen LogP contribution is 2.25. The van der Waals surface area contributed by atoms with Crippen LogP contribution >= 0.6 is 0 Å². The van der Waals surface area contributed by atoms with Crippen molar-refractivity contribution in [2.24, 2.45) is 0 Å². The van der Waals surface area contributed by atoms with Gasteiger partial charge in [0.1, 0.15) is 11.5 Å². The van der Waals surface area contributed by atoms with Gasteiger partial charge in [-0.2, -0.15) is 0 Å². The van der Waals surface area contributed by atoms with Gasteiger partial charge in [-0.3, -0.25) is 14.3 Å². The Balaban J connectivity index is 1.64. The van der Waals surface area contributed by atoms with E-state index in [9.17, 15) is 4.79 Å². The van der Waals surface area contributed by atoms with Gasteiger partial charge in [0.05, 0.1) is 0 Å². The molecule has 0 unspecified atom stereocenters. The first-order valence-corrected chi connectivity index (χ1v) is 9.08. The molecule has 0 aliphatic carbocycles. The molecule has 0 spiro atoms. The summed E-state index contributed by atoms with van der Waals surface area (Å²) in [5.41, 5.74) is 2.88. The van der Waals surface area contributed by atoms with Gasteiger partial charge < -0.3 is 9.80 Å². The highest BCUT2D eigenvalue weighted by Gasteiger charge is 2.20. The van der Waals surface area contributed by atoms with Gasteiger partial charge in [0.2, 0.25) is 5.91 Å². The Hall–Kier alpha value is -3.22. The van der Waals surface area contributed by atoms with Crippen molar-refractivity contribution in [2.45, 2.75) is 13.8 Å². The summed E-state index contributed by atoms with van der Waals surface area (Å²) in [6.45, 7) is 6.67. The fourth-order valence-electron chi connectivity index (χ4n) is 3.43. The van der Waals surface area contributed by atoms with Crippen molar-refractivity contribution in [1.29, 1.82) is 0 Å². The molecule has 0 N–H and O–H groups in total. The largest absolute Gasteiger partial charge is 0.368 e. The van der Waals surface area contributed by atoms with Gasteiger partial charge in [-0.25, -0.2) is 0 Å². The molecule has 2 aromatic heterocycles. The molecular formula is C20H22N6O. The fourth-order valence-corrected chi connectivity index (χ4v) is 3.43. The highest BCUT2D eigenvalue weighted by atomic mass is 16.2. The Kier molecular flexibility index (Phi) is 4.58. The molecule has 0 bridgehead atoms. The summed E-state index contributed by atoms with van der Waals surface area (Å²) in [6, 6.07) is 14.1. The van der Waals surface area contributed by atoms with Crippen molar-refractivity contribution in [3.05, 3.63) is 54.5 Å². The predicted molar refractivity (Wildman–Crippen MR) is 104 cm³/mol. The van der Waals surface area contributed by atoms with Gasteiger partial charge in [0.25, 0.3) is 0 Å². The number of aryl methyl sites for hydroxylation is 1. The zero-order valence-corrected chi connectivity index (χ0v) is 15.5. The number of anilines is 1. The Labute approximate surface area is 158 Å². The molecule has 7 heteroatoms. The standard InChI is InChI=1S/C20H22N6O/c1-15-22-23-20(26(15)17-6-4-3-5-7-17)19-14-18(8-9-21-19)25-12-10-24(11-13-25)16(2)27/h3-9,14H,10-13H2,1-2H3. The van der Waals surface area contributed by atoms with E-state index in [1.807, 2.05) is 58.9 Å². The SMILES string of the molecule is CC(=O)N1CCN(c2ccnc(-c3nnc(C)n3-c3ccccc3)c2)CC1. The predicted octanol–water partition coefficient (Wildman–Crippen LogP) is 2.31. The topological polar surface area (TPSA) is 67.2 Å². The maximum Gasteiger partial charge on any atom is 0.219 e. The number of pyridine rings is 1. The van der Waals surface area contributed by atoms with Crippen molar-refractivity contribution >= 4 is 11.6 Å². The number of para-hydroxylation sites is 1. The number of aromatic nitrogens is 4. The molecular weight excluding hydrogens is 340 g/mol. The lowest BCUT2D eigenvalue weighted by Gasteiger charge is -2.35. The molecule has 7 nitrogen and oxygen atoms in total. The second-order valence-corrected chi connectivity index (χ2v) is 6.63. The minimum Gasteiger partial charge on any atom is -0.368 e. The van der Waals surface area contributed by atoms with Crippen LogP contribution in [0.4, 0.5) is 5.69 Å². The average molecular weight is 362 g/mol. The summed E-state index contributed by atoms with van der Waals surface area (Å²) in [5, 5.41) is 8.62. The Bertz CT molecular complexity index is 944. The molecule has 4 rings (SSSR count). The Morgan fingerprint density at radius 2 is 1.70 bits per heavy atom. The first-order chi connectivity index (χ1) is 13.1. The number of amides is 1. The normalized spacial score (nSPS) is 14.4. The lowest BCUT2D eigenvalue weighted by Crippen LogP contribution is -2.48. The quantitative estimate of drug-likeness (QED) is 0.715. The molecule has 1 aromatic carbocycles.